The van der Waals surface area contributed by atoms with Crippen LogP contribution in [0, 0.1) is 11.3 Å². The van der Waals surface area contributed by atoms with E-state index in [9.17, 15) is 0 Å². The Bertz CT molecular complexity index is 397. The van der Waals surface area contributed by atoms with E-state index in [-0.39, 0.29) is 0 Å². The van der Waals surface area contributed by atoms with Gasteiger partial charge in [-0.3, -0.25) is 4.90 Å². The molecule has 1 aromatic carbocycles. The van der Waals surface area contributed by atoms with Gasteiger partial charge in [-0.15, -0.1) is 0 Å². The normalized spacial score (nSPS) is 25.5. The molecule has 1 heterocycles. The maximum Gasteiger partial charge on any atom is 0.0991 e. The van der Waals surface area contributed by atoms with Crippen LogP contribution in [0.4, 0.5) is 0 Å². The van der Waals surface area contributed by atoms with Crippen molar-refractivity contribution in [3.63, 3.8) is 0 Å². The summed E-state index contributed by atoms with van der Waals surface area (Å²) in [6, 6.07) is 9.96. The maximum atomic E-state index is 8.74. The van der Waals surface area contributed by atoms with Crippen LogP contribution in [0.3, 0.4) is 0 Å². The molecule has 0 unspecified atom stereocenters. The van der Waals surface area contributed by atoms with Crippen LogP contribution in [0.15, 0.2) is 24.3 Å². The molecule has 0 amide bonds. The minimum Gasteiger partial charge on any atom is -0.373 e. The van der Waals surface area contributed by atoms with Gasteiger partial charge >= 0.3 is 0 Å². The van der Waals surface area contributed by atoms with Gasteiger partial charge in [0.25, 0.3) is 0 Å². The van der Waals surface area contributed by atoms with Crippen molar-refractivity contribution in [3.8, 4) is 6.07 Å². The topological polar surface area (TPSA) is 36.3 Å². The molecule has 17 heavy (non-hydrogen) atoms. The zero-order valence-corrected chi connectivity index (χ0v) is 10.4. The van der Waals surface area contributed by atoms with Gasteiger partial charge in [0.05, 0.1) is 23.8 Å². The molecule has 2 rings (SSSR count). The van der Waals surface area contributed by atoms with Gasteiger partial charge < -0.3 is 4.74 Å². The fraction of sp³-hybridized carbons (Fsp3) is 0.500. The summed E-state index contributed by atoms with van der Waals surface area (Å²) < 4.78 is 5.71. The third-order valence-electron chi connectivity index (χ3n) is 2.98. The molecule has 2 atom stereocenters. The fourth-order valence-electron chi connectivity index (χ4n) is 2.36. The first-order valence-corrected chi connectivity index (χ1v) is 6.04. The Morgan fingerprint density at radius 1 is 1.24 bits per heavy atom. The van der Waals surface area contributed by atoms with E-state index in [4.69, 9.17) is 10.00 Å². The van der Waals surface area contributed by atoms with E-state index in [1.165, 1.54) is 5.56 Å². The van der Waals surface area contributed by atoms with Crippen LogP contribution >= 0.6 is 0 Å². The molecular formula is C14H18N2O. The van der Waals surface area contributed by atoms with Gasteiger partial charge in [0, 0.05) is 19.6 Å². The average Bonchev–Trinajstić information content (AvgIpc) is 2.28. The van der Waals surface area contributed by atoms with Crippen molar-refractivity contribution in [2.75, 3.05) is 13.1 Å². The first-order valence-electron chi connectivity index (χ1n) is 6.04. The summed E-state index contributed by atoms with van der Waals surface area (Å²) in [5.41, 5.74) is 1.97. The number of ether oxygens (including phenoxy) is 1. The molecule has 0 aromatic heterocycles. The molecule has 1 aliphatic rings. The quantitative estimate of drug-likeness (QED) is 0.781. The Balaban J connectivity index is 1.98. The van der Waals surface area contributed by atoms with E-state index >= 15 is 0 Å². The minimum atomic E-state index is 0.303. The lowest BCUT2D eigenvalue weighted by atomic mass is 10.1. The van der Waals surface area contributed by atoms with E-state index < -0.39 is 0 Å². The summed E-state index contributed by atoms with van der Waals surface area (Å²) in [7, 11) is 0. The third kappa shape index (κ3) is 3.29. The van der Waals surface area contributed by atoms with E-state index in [1.54, 1.807) is 0 Å². The highest BCUT2D eigenvalue weighted by Gasteiger charge is 2.21. The first-order chi connectivity index (χ1) is 8.17. The van der Waals surface area contributed by atoms with E-state index in [0.29, 0.717) is 12.2 Å². The van der Waals surface area contributed by atoms with Crippen LogP contribution in [-0.2, 0) is 11.3 Å². The van der Waals surface area contributed by atoms with Crippen LogP contribution in [0.5, 0.6) is 0 Å². The Hall–Kier alpha value is -1.37. The van der Waals surface area contributed by atoms with Gasteiger partial charge in [-0.2, -0.15) is 5.26 Å². The smallest absolute Gasteiger partial charge is 0.0991 e. The van der Waals surface area contributed by atoms with Crippen LogP contribution < -0.4 is 0 Å². The van der Waals surface area contributed by atoms with Gasteiger partial charge in [-0.25, -0.2) is 0 Å². The number of hydrogen-bond donors (Lipinski definition) is 0. The molecule has 0 saturated carbocycles. The average molecular weight is 230 g/mol. The zero-order chi connectivity index (χ0) is 12.3. The molecule has 3 heteroatoms. The molecule has 0 aliphatic carbocycles. The Morgan fingerprint density at radius 3 is 2.35 bits per heavy atom. The van der Waals surface area contributed by atoms with E-state index in [2.05, 4.69) is 24.8 Å². The molecule has 1 saturated heterocycles. The molecule has 3 nitrogen and oxygen atoms in total. The summed E-state index contributed by atoms with van der Waals surface area (Å²) >= 11 is 0. The maximum absolute atomic E-state index is 8.74. The summed E-state index contributed by atoms with van der Waals surface area (Å²) in [5, 5.41) is 8.74. The van der Waals surface area contributed by atoms with Crippen molar-refractivity contribution in [2.45, 2.75) is 32.6 Å². The molecule has 1 fully saturated rings. The minimum absolute atomic E-state index is 0.303. The lowest BCUT2D eigenvalue weighted by molar-refractivity contribution is -0.0704. The second kappa shape index (κ2) is 5.31. The standard InChI is InChI=1S/C14H18N2O/c1-11-8-16(9-12(2)17-11)10-14-5-3-13(7-15)4-6-14/h3-6,11-12H,8-10H2,1-2H3/t11-,12-/m0/s1. The zero-order valence-electron chi connectivity index (χ0n) is 10.4. The molecule has 0 spiro atoms. The summed E-state index contributed by atoms with van der Waals surface area (Å²) in [6.07, 6.45) is 0.606. The summed E-state index contributed by atoms with van der Waals surface area (Å²) in [4.78, 5) is 2.40. The Kier molecular flexibility index (Phi) is 3.78. The number of nitrogens with zero attached hydrogens (tertiary/aromatic N) is 2. The SMILES string of the molecule is C[C@H]1CN(Cc2ccc(C#N)cc2)C[C@H](C)O1. The predicted molar refractivity (Wildman–Crippen MR) is 66.4 cm³/mol. The molecule has 1 aromatic rings. The van der Waals surface area contributed by atoms with Crippen molar-refractivity contribution < 1.29 is 4.74 Å². The van der Waals surface area contributed by atoms with Gasteiger partial charge in [-0.05, 0) is 31.5 Å². The van der Waals surface area contributed by atoms with Crippen LogP contribution in [-0.4, -0.2) is 30.2 Å². The highest BCUT2D eigenvalue weighted by Crippen LogP contribution is 2.14. The molecular weight excluding hydrogens is 212 g/mol. The van der Waals surface area contributed by atoms with Crippen molar-refractivity contribution in [3.05, 3.63) is 35.4 Å². The highest BCUT2D eigenvalue weighted by molar-refractivity contribution is 5.31. The first kappa shape index (κ1) is 12.1. The number of benzene rings is 1. The van der Waals surface area contributed by atoms with Crippen LogP contribution in [0.25, 0.3) is 0 Å². The van der Waals surface area contributed by atoms with Crippen LogP contribution in [0.2, 0.25) is 0 Å². The number of nitriles is 1. The van der Waals surface area contributed by atoms with Crippen molar-refractivity contribution in [1.82, 2.24) is 4.90 Å². The van der Waals surface area contributed by atoms with Gasteiger partial charge in [0.15, 0.2) is 0 Å². The molecule has 0 N–H and O–H groups in total. The third-order valence-corrected chi connectivity index (χ3v) is 2.98. The van der Waals surface area contributed by atoms with Crippen molar-refractivity contribution in [1.29, 1.82) is 5.26 Å². The largest absolute Gasteiger partial charge is 0.373 e. The predicted octanol–water partition coefficient (Wildman–Crippen LogP) is 2.17. The lowest BCUT2D eigenvalue weighted by Gasteiger charge is -2.35. The molecule has 1 aliphatic heterocycles. The second-order valence-electron chi connectivity index (χ2n) is 4.76. The number of morpholine rings is 1. The monoisotopic (exact) mass is 230 g/mol. The van der Waals surface area contributed by atoms with Gasteiger partial charge in [0.1, 0.15) is 0 Å². The summed E-state index contributed by atoms with van der Waals surface area (Å²) in [5.74, 6) is 0. The van der Waals surface area contributed by atoms with Crippen molar-refractivity contribution in [2.24, 2.45) is 0 Å². The molecule has 90 valence electrons. The fourth-order valence-corrected chi connectivity index (χ4v) is 2.36. The van der Waals surface area contributed by atoms with Gasteiger partial charge in [-0.1, -0.05) is 12.1 Å². The van der Waals surface area contributed by atoms with Crippen LogP contribution in [0.1, 0.15) is 25.0 Å². The molecule has 0 bridgehead atoms. The lowest BCUT2D eigenvalue weighted by Crippen LogP contribution is -2.44. The Morgan fingerprint density at radius 2 is 1.82 bits per heavy atom. The number of hydrogen-bond acceptors (Lipinski definition) is 3. The second-order valence-corrected chi connectivity index (χ2v) is 4.76. The highest BCUT2D eigenvalue weighted by atomic mass is 16.5. The van der Waals surface area contributed by atoms with Crippen molar-refractivity contribution >= 4 is 0 Å². The van der Waals surface area contributed by atoms with Gasteiger partial charge in [0.2, 0.25) is 0 Å². The van der Waals surface area contributed by atoms with E-state index in [0.717, 1.165) is 25.2 Å². The Labute approximate surface area is 103 Å². The number of rotatable bonds is 2. The van der Waals surface area contributed by atoms with E-state index in [1.807, 2.05) is 24.3 Å². The molecule has 0 radical (unpaired) electrons. The summed E-state index contributed by atoms with van der Waals surface area (Å²) in [6.45, 7) is 7.11.